The second-order valence-electron chi connectivity index (χ2n) is 4.15. The first-order chi connectivity index (χ1) is 7.77. The van der Waals surface area contributed by atoms with Gasteiger partial charge in [0.25, 0.3) is 0 Å². The molecule has 1 unspecified atom stereocenters. The van der Waals surface area contributed by atoms with Gasteiger partial charge >= 0.3 is 0 Å². The number of hydrogen-bond acceptors (Lipinski definition) is 3. The highest BCUT2D eigenvalue weighted by Crippen LogP contribution is 2.30. The maximum atomic E-state index is 12.1. The second kappa shape index (κ2) is 6.31. The molecule has 0 saturated carbocycles. The zero-order valence-electron chi connectivity index (χ0n) is 9.83. The summed E-state index contributed by atoms with van der Waals surface area (Å²) in [5.41, 5.74) is 0.950. The Bertz CT molecular complexity index is 465. The van der Waals surface area contributed by atoms with Crippen molar-refractivity contribution >= 4 is 59.9 Å². The van der Waals surface area contributed by atoms with E-state index in [4.69, 9.17) is 0 Å². The molecule has 0 aliphatic heterocycles. The van der Waals surface area contributed by atoms with Crippen LogP contribution >= 0.6 is 49.9 Å². The Morgan fingerprint density at radius 3 is 2.47 bits per heavy atom. The van der Waals surface area contributed by atoms with Gasteiger partial charge in [0.2, 0.25) is 10.0 Å². The van der Waals surface area contributed by atoms with E-state index >= 15 is 0 Å². The van der Waals surface area contributed by atoms with Gasteiger partial charge in [0.15, 0.2) is 0 Å². The number of nitrogens with one attached hydrogen (secondary N) is 1. The Balaban J connectivity index is 2.96. The maximum absolute atomic E-state index is 12.1. The lowest BCUT2D eigenvalue weighted by molar-refractivity contribution is 0.487. The van der Waals surface area contributed by atoms with Crippen LogP contribution in [0.1, 0.15) is 19.4 Å². The molecule has 17 heavy (non-hydrogen) atoms. The third kappa shape index (κ3) is 4.15. The van der Waals surface area contributed by atoms with Crippen molar-refractivity contribution in [1.29, 1.82) is 0 Å². The molecule has 98 valence electrons. The van der Waals surface area contributed by atoms with Crippen molar-refractivity contribution in [1.82, 2.24) is 4.72 Å². The van der Waals surface area contributed by atoms with E-state index < -0.39 is 10.0 Å². The Kier molecular flexibility index (Phi) is 5.90. The van der Waals surface area contributed by atoms with Crippen molar-refractivity contribution in [3.8, 4) is 0 Å². The average Bonchev–Trinajstić information content (AvgIpc) is 2.56. The second-order valence-corrected chi connectivity index (χ2v) is 9.34. The van der Waals surface area contributed by atoms with Crippen LogP contribution in [-0.4, -0.2) is 18.9 Å². The quantitative estimate of drug-likeness (QED) is 0.549. The minimum absolute atomic E-state index is 0.0261. The molecule has 0 aliphatic carbocycles. The molecule has 1 rings (SSSR count). The van der Waals surface area contributed by atoms with Gasteiger partial charge in [0.1, 0.15) is 4.21 Å². The van der Waals surface area contributed by atoms with Crippen molar-refractivity contribution in [2.24, 2.45) is 5.92 Å². The van der Waals surface area contributed by atoms with Gasteiger partial charge in [0, 0.05) is 10.5 Å². The number of aryl methyl sites for hydroxylation is 1. The van der Waals surface area contributed by atoms with Gasteiger partial charge in [-0.3, -0.25) is 0 Å². The summed E-state index contributed by atoms with van der Waals surface area (Å²) in [4.78, 5) is 0. The lowest BCUT2D eigenvalue weighted by atomic mass is 10.1. The van der Waals surface area contributed by atoms with Crippen LogP contribution in [0.15, 0.2) is 14.1 Å². The predicted octanol–water partition coefficient (Wildman–Crippen LogP) is 3.56. The molecule has 0 spiro atoms. The number of sulfonamides is 1. The molecular formula is C10H15BrINO2S2. The van der Waals surface area contributed by atoms with Crippen molar-refractivity contribution in [3.63, 3.8) is 0 Å². The summed E-state index contributed by atoms with van der Waals surface area (Å²) in [5.74, 6) is 0.283. The Morgan fingerprint density at radius 2 is 2.12 bits per heavy atom. The number of alkyl halides is 1. The summed E-state index contributed by atoms with van der Waals surface area (Å²) in [5, 5.41) is 0. The number of halogens is 2. The Hall–Kier alpha value is 0.820. The highest BCUT2D eigenvalue weighted by molar-refractivity contribution is 14.1. The molecule has 0 amide bonds. The fraction of sp³-hybridized carbons (Fsp3) is 0.600. The molecule has 1 atom stereocenters. The summed E-state index contributed by atoms with van der Waals surface area (Å²) in [6, 6.07) is 1.67. The van der Waals surface area contributed by atoms with E-state index in [0.717, 1.165) is 13.8 Å². The molecule has 7 heteroatoms. The third-order valence-corrected chi connectivity index (χ3v) is 7.43. The molecule has 1 aromatic heterocycles. The van der Waals surface area contributed by atoms with Gasteiger partial charge in [-0.25, -0.2) is 13.1 Å². The van der Waals surface area contributed by atoms with Crippen molar-refractivity contribution < 1.29 is 8.42 Å². The first kappa shape index (κ1) is 15.9. The van der Waals surface area contributed by atoms with E-state index in [0.29, 0.717) is 4.21 Å². The van der Waals surface area contributed by atoms with Gasteiger partial charge in [-0.15, -0.1) is 11.3 Å². The molecule has 0 saturated heterocycles. The smallest absolute Gasteiger partial charge is 0.206 e. The zero-order chi connectivity index (χ0) is 13.2. The summed E-state index contributed by atoms with van der Waals surface area (Å²) in [7, 11) is -3.38. The van der Waals surface area contributed by atoms with E-state index in [1.807, 2.05) is 20.8 Å². The van der Waals surface area contributed by atoms with Gasteiger partial charge in [0.05, 0.1) is 3.79 Å². The highest BCUT2D eigenvalue weighted by Gasteiger charge is 2.23. The third-order valence-electron chi connectivity index (χ3n) is 2.38. The van der Waals surface area contributed by atoms with E-state index in [1.165, 1.54) is 11.3 Å². The molecule has 1 aromatic rings. The van der Waals surface area contributed by atoms with Gasteiger partial charge < -0.3 is 0 Å². The van der Waals surface area contributed by atoms with Crippen molar-refractivity contribution in [3.05, 3.63) is 15.4 Å². The van der Waals surface area contributed by atoms with Crippen LogP contribution in [0.25, 0.3) is 0 Å². The van der Waals surface area contributed by atoms with Gasteiger partial charge in [-0.05, 0) is 40.4 Å². The van der Waals surface area contributed by atoms with E-state index in [1.54, 1.807) is 6.07 Å². The topological polar surface area (TPSA) is 46.2 Å². The molecule has 1 N–H and O–H groups in total. The van der Waals surface area contributed by atoms with Crippen LogP contribution in [0.2, 0.25) is 0 Å². The van der Waals surface area contributed by atoms with E-state index in [2.05, 4.69) is 43.2 Å². The van der Waals surface area contributed by atoms with Crippen molar-refractivity contribution in [2.45, 2.75) is 31.0 Å². The fourth-order valence-electron chi connectivity index (χ4n) is 1.17. The zero-order valence-corrected chi connectivity index (χ0v) is 15.2. The minimum Gasteiger partial charge on any atom is -0.206 e. The summed E-state index contributed by atoms with van der Waals surface area (Å²) < 4.78 is 29.1. The number of rotatable bonds is 5. The largest absolute Gasteiger partial charge is 0.250 e. The first-order valence-electron chi connectivity index (χ1n) is 5.12. The molecule has 0 bridgehead atoms. The first-order valence-corrected chi connectivity index (χ1v) is 9.74. The lowest BCUT2D eigenvalue weighted by Crippen LogP contribution is -2.39. The monoisotopic (exact) mass is 451 g/mol. The summed E-state index contributed by atoms with van der Waals surface area (Å²) in [6.45, 7) is 5.92. The van der Waals surface area contributed by atoms with Crippen LogP contribution in [0.5, 0.6) is 0 Å². The highest BCUT2D eigenvalue weighted by atomic mass is 127. The molecule has 0 fully saturated rings. The maximum Gasteiger partial charge on any atom is 0.250 e. The average molecular weight is 452 g/mol. The van der Waals surface area contributed by atoms with Crippen LogP contribution in [0.3, 0.4) is 0 Å². The summed E-state index contributed by atoms with van der Waals surface area (Å²) >= 11 is 6.80. The van der Waals surface area contributed by atoms with Crippen LogP contribution in [0.4, 0.5) is 0 Å². The summed E-state index contributed by atoms with van der Waals surface area (Å²) in [6.07, 6.45) is 0. The molecule has 0 radical (unpaired) electrons. The Morgan fingerprint density at radius 1 is 1.53 bits per heavy atom. The molecule has 1 heterocycles. The van der Waals surface area contributed by atoms with Crippen LogP contribution < -0.4 is 4.72 Å². The lowest BCUT2D eigenvalue weighted by Gasteiger charge is -2.19. The molecule has 3 nitrogen and oxygen atoms in total. The molecule has 0 aliphatic rings. The molecular weight excluding hydrogens is 437 g/mol. The predicted molar refractivity (Wildman–Crippen MR) is 84.6 cm³/mol. The Labute approximate surface area is 129 Å². The van der Waals surface area contributed by atoms with Gasteiger partial charge in [-0.2, -0.15) is 0 Å². The number of hydrogen-bond donors (Lipinski definition) is 1. The SMILES string of the molecule is Cc1cc(S(=O)(=O)NC(CI)C(C)C)sc1Br. The van der Waals surface area contributed by atoms with Crippen molar-refractivity contribution in [2.75, 3.05) is 4.43 Å². The standard InChI is InChI=1S/C10H15BrINO2S2/c1-6(2)8(5-12)13-17(14,15)9-4-7(3)10(11)16-9/h4,6,8,13H,5H2,1-3H3. The normalized spacial score (nSPS) is 14.2. The minimum atomic E-state index is -3.38. The number of thiophene rings is 1. The van der Waals surface area contributed by atoms with Crippen LogP contribution in [0, 0.1) is 12.8 Å². The molecule has 0 aromatic carbocycles. The van der Waals surface area contributed by atoms with E-state index in [-0.39, 0.29) is 12.0 Å². The van der Waals surface area contributed by atoms with Gasteiger partial charge in [-0.1, -0.05) is 36.4 Å². The fourth-order valence-corrected chi connectivity index (χ4v) is 6.33. The van der Waals surface area contributed by atoms with E-state index in [9.17, 15) is 8.42 Å². The van der Waals surface area contributed by atoms with Crippen LogP contribution in [-0.2, 0) is 10.0 Å².